The molecule has 0 fully saturated rings. The molecule has 0 aromatic rings. The zero-order valence-electron chi connectivity index (χ0n) is 7.49. The van der Waals surface area contributed by atoms with Crippen molar-refractivity contribution in [2.45, 2.75) is 39.2 Å². The monoisotopic (exact) mass is 190 g/mol. The van der Waals surface area contributed by atoms with Crippen LogP contribution in [0.5, 0.6) is 0 Å². The average Bonchev–Trinajstić information content (AvgIpc) is 2.05. The Morgan fingerprint density at radius 2 is 2.33 bits per heavy atom. The first-order valence-electron chi connectivity index (χ1n) is 4.29. The summed E-state index contributed by atoms with van der Waals surface area (Å²) in [7, 11) is -1.65. The highest BCUT2D eigenvalue weighted by molar-refractivity contribution is 7.40. The largest absolute Gasteiger partial charge is 0.435 e. The summed E-state index contributed by atoms with van der Waals surface area (Å²) >= 11 is 0. The molecule has 4 heteroatoms. The highest BCUT2D eigenvalue weighted by Crippen LogP contribution is 2.42. The summed E-state index contributed by atoms with van der Waals surface area (Å²) in [6.07, 6.45) is 4.67. The first kappa shape index (κ1) is 9.97. The van der Waals surface area contributed by atoms with Crippen molar-refractivity contribution in [3.8, 4) is 0 Å². The molecule has 1 rings (SSSR count). The molecule has 0 aromatic heterocycles. The molecule has 0 amide bonds. The Morgan fingerprint density at radius 3 is 2.92 bits per heavy atom. The van der Waals surface area contributed by atoms with E-state index in [4.69, 9.17) is 13.9 Å². The molecule has 1 aliphatic heterocycles. The zero-order valence-corrected chi connectivity index (χ0v) is 8.38. The van der Waals surface area contributed by atoms with Gasteiger partial charge >= 0.3 is 8.60 Å². The van der Waals surface area contributed by atoms with Gasteiger partial charge in [0.1, 0.15) is 0 Å². The van der Waals surface area contributed by atoms with Gasteiger partial charge in [0.05, 0.1) is 12.4 Å². The van der Waals surface area contributed by atoms with Crippen LogP contribution in [0.4, 0.5) is 0 Å². The molecule has 0 aromatic carbocycles. The minimum atomic E-state index is -1.65. The molecule has 2 unspecified atom stereocenters. The van der Waals surface area contributed by atoms with Gasteiger partial charge in [0.15, 0.2) is 0 Å². The third-order valence-electron chi connectivity index (χ3n) is 1.88. The van der Waals surface area contributed by atoms with Gasteiger partial charge in [-0.1, -0.05) is 20.3 Å². The van der Waals surface area contributed by atoms with Crippen LogP contribution < -0.4 is 0 Å². The molecule has 0 saturated heterocycles. The Hall–Kier alpha value is -0.110. The summed E-state index contributed by atoms with van der Waals surface area (Å²) < 4.78 is 10.2. The molecule has 0 spiro atoms. The molecular formula is C8H15O3P. The van der Waals surface area contributed by atoms with E-state index in [2.05, 4.69) is 13.8 Å². The molecule has 0 radical (unpaired) electrons. The minimum Gasteiger partial charge on any atom is -0.435 e. The topological polar surface area (TPSA) is 38.7 Å². The Bertz CT molecular complexity index is 170. The summed E-state index contributed by atoms with van der Waals surface area (Å²) in [6.45, 7) is 4.16. The molecular weight excluding hydrogens is 175 g/mol. The van der Waals surface area contributed by atoms with E-state index in [0.29, 0.717) is 0 Å². The third kappa shape index (κ3) is 2.44. The number of hydrogen-bond donors (Lipinski definition) is 1. The fourth-order valence-electron chi connectivity index (χ4n) is 1.20. The van der Waals surface area contributed by atoms with E-state index in [1.165, 1.54) is 0 Å². The predicted octanol–water partition coefficient (Wildman–Crippen LogP) is 2.72. The van der Waals surface area contributed by atoms with Crippen LogP contribution in [-0.2, 0) is 9.05 Å². The lowest BCUT2D eigenvalue weighted by atomic mass is 10.1. The zero-order chi connectivity index (χ0) is 8.97. The molecule has 1 aliphatic rings. The van der Waals surface area contributed by atoms with Gasteiger partial charge in [-0.3, -0.25) is 4.52 Å². The summed E-state index contributed by atoms with van der Waals surface area (Å²) in [5.41, 5.74) is 1.14. The maximum atomic E-state index is 9.10. The van der Waals surface area contributed by atoms with Crippen LogP contribution in [0, 0.1) is 0 Å². The van der Waals surface area contributed by atoms with E-state index < -0.39 is 8.60 Å². The van der Waals surface area contributed by atoms with Crippen molar-refractivity contribution in [2.75, 3.05) is 0 Å². The average molecular weight is 190 g/mol. The van der Waals surface area contributed by atoms with Crippen LogP contribution in [0.15, 0.2) is 11.8 Å². The van der Waals surface area contributed by atoms with E-state index in [-0.39, 0.29) is 6.10 Å². The molecule has 2 atom stereocenters. The second-order valence-corrected chi connectivity index (χ2v) is 3.67. The highest BCUT2D eigenvalue weighted by atomic mass is 31.2. The van der Waals surface area contributed by atoms with Gasteiger partial charge < -0.3 is 9.42 Å². The van der Waals surface area contributed by atoms with Gasteiger partial charge in [-0.25, -0.2) is 0 Å². The van der Waals surface area contributed by atoms with Crippen molar-refractivity contribution in [3.05, 3.63) is 11.8 Å². The van der Waals surface area contributed by atoms with Crippen molar-refractivity contribution in [3.63, 3.8) is 0 Å². The van der Waals surface area contributed by atoms with Gasteiger partial charge in [0.2, 0.25) is 0 Å². The van der Waals surface area contributed by atoms with E-state index >= 15 is 0 Å². The fraction of sp³-hybridized carbons (Fsp3) is 0.750. The van der Waals surface area contributed by atoms with Gasteiger partial charge in [-0.2, -0.15) is 0 Å². The van der Waals surface area contributed by atoms with Crippen LogP contribution in [0.2, 0.25) is 0 Å². The van der Waals surface area contributed by atoms with Crippen LogP contribution in [0.3, 0.4) is 0 Å². The molecule has 1 heterocycles. The Kier molecular flexibility index (Phi) is 3.99. The lowest BCUT2D eigenvalue weighted by Gasteiger charge is -2.25. The second-order valence-electron chi connectivity index (χ2n) is 2.77. The Balaban J connectivity index is 2.55. The standard InChI is InChI=1S/C8H15O3P/c1-3-5-8-7(4-2)6-10-12(9)11-8/h6,8-9H,3-5H2,1-2H3. The van der Waals surface area contributed by atoms with E-state index in [1.807, 2.05) is 0 Å². The maximum Gasteiger partial charge on any atom is 0.394 e. The Labute approximate surface area is 74.4 Å². The molecule has 0 bridgehead atoms. The van der Waals surface area contributed by atoms with Gasteiger partial charge in [0, 0.05) is 0 Å². The number of hydrogen-bond acceptors (Lipinski definition) is 3. The molecule has 12 heavy (non-hydrogen) atoms. The second kappa shape index (κ2) is 4.80. The highest BCUT2D eigenvalue weighted by Gasteiger charge is 2.24. The molecule has 0 saturated carbocycles. The van der Waals surface area contributed by atoms with E-state index in [9.17, 15) is 0 Å². The maximum absolute atomic E-state index is 9.10. The van der Waals surface area contributed by atoms with Crippen LogP contribution in [0.1, 0.15) is 33.1 Å². The van der Waals surface area contributed by atoms with Crippen molar-refractivity contribution in [1.29, 1.82) is 0 Å². The summed E-state index contributed by atoms with van der Waals surface area (Å²) in [6, 6.07) is 0. The molecule has 1 N–H and O–H groups in total. The minimum absolute atomic E-state index is 0.0739. The molecule has 70 valence electrons. The smallest absolute Gasteiger partial charge is 0.394 e. The lowest BCUT2D eigenvalue weighted by molar-refractivity contribution is 0.158. The van der Waals surface area contributed by atoms with Crippen molar-refractivity contribution in [1.82, 2.24) is 0 Å². The normalized spacial score (nSPS) is 29.4. The predicted molar refractivity (Wildman–Crippen MR) is 48.4 cm³/mol. The van der Waals surface area contributed by atoms with Crippen LogP contribution in [-0.4, -0.2) is 11.0 Å². The van der Waals surface area contributed by atoms with Crippen molar-refractivity contribution < 1.29 is 13.9 Å². The summed E-state index contributed by atoms with van der Waals surface area (Å²) in [5, 5.41) is 0. The molecule has 0 aliphatic carbocycles. The molecule has 3 nitrogen and oxygen atoms in total. The van der Waals surface area contributed by atoms with Crippen molar-refractivity contribution >= 4 is 8.60 Å². The van der Waals surface area contributed by atoms with Gasteiger partial charge in [-0.15, -0.1) is 0 Å². The summed E-state index contributed by atoms with van der Waals surface area (Å²) in [5.74, 6) is 0. The number of rotatable bonds is 3. The first-order valence-corrected chi connectivity index (χ1v) is 5.42. The first-order chi connectivity index (χ1) is 5.77. The lowest BCUT2D eigenvalue weighted by Crippen LogP contribution is -2.16. The van der Waals surface area contributed by atoms with Gasteiger partial charge in [-0.05, 0) is 18.4 Å². The quantitative estimate of drug-likeness (QED) is 0.695. The fourth-order valence-corrected chi connectivity index (χ4v) is 1.94. The van der Waals surface area contributed by atoms with Crippen LogP contribution in [0.25, 0.3) is 0 Å². The van der Waals surface area contributed by atoms with Gasteiger partial charge in [0.25, 0.3) is 0 Å². The SMILES string of the molecule is CCCC1OP(O)OC=C1CC. The van der Waals surface area contributed by atoms with E-state index in [1.54, 1.807) is 6.26 Å². The Morgan fingerprint density at radius 1 is 1.58 bits per heavy atom. The third-order valence-corrected chi connectivity index (χ3v) is 2.60. The van der Waals surface area contributed by atoms with Crippen LogP contribution >= 0.6 is 8.60 Å². The van der Waals surface area contributed by atoms with E-state index in [0.717, 1.165) is 24.8 Å². The van der Waals surface area contributed by atoms with Crippen molar-refractivity contribution in [2.24, 2.45) is 0 Å². The summed E-state index contributed by atoms with van der Waals surface area (Å²) in [4.78, 5) is 9.10.